The molecule has 1 heterocycles. The third-order valence-corrected chi connectivity index (χ3v) is 2.26. The van der Waals surface area contributed by atoms with Gasteiger partial charge < -0.3 is 5.32 Å². The van der Waals surface area contributed by atoms with Crippen LogP contribution in [0, 0.1) is 0 Å². The van der Waals surface area contributed by atoms with Gasteiger partial charge in [0.25, 0.3) is 0 Å². The van der Waals surface area contributed by atoms with Gasteiger partial charge in [-0.25, -0.2) is 0 Å². The fourth-order valence-electron chi connectivity index (χ4n) is 1.18. The van der Waals surface area contributed by atoms with Crippen LogP contribution in [0.4, 0.5) is 0 Å². The highest BCUT2D eigenvalue weighted by Crippen LogP contribution is 2.04. The van der Waals surface area contributed by atoms with E-state index in [-0.39, 0.29) is 11.8 Å². The van der Waals surface area contributed by atoms with Crippen LogP contribution in [0.15, 0.2) is 12.3 Å². The van der Waals surface area contributed by atoms with E-state index in [4.69, 9.17) is 11.6 Å². The van der Waals surface area contributed by atoms with E-state index in [2.05, 4.69) is 24.3 Å². The minimum atomic E-state index is -0.139. The van der Waals surface area contributed by atoms with Gasteiger partial charge in [-0.2, -0.15) is 5.10 Å². The van der Waals surface area contributed by atoms with Gasteiger partial charge in [-0.3, -0.25) is 9.48 Å². The van der Waals surface area contributed by atoms with Crippen LogP contribution in [0.1, 0.15) is 25.6 Å². The molecule has 84 valence electrons. The average Bonchev–Trinajstić information content (AvgIpc) is 2.66. The van der Waals surface area contributed by atoms with Crippen molar-refractivity contribution in [1.82, 2.24) is 15.1 Å². The predicted octanol–water partition coefficient (Wildman–Crippen LogP) is 1.36. The molecule has 15 heavy (non-hydrogen) atoms. The maximum Gasteiger partial charge on any atom is 0.234 e. The first-order valence-corrected chi connectivity index (χ1v) is 5.53. The first kappa shape index (κ1) is 12.0. The van der Waals surface area contributed by atoms with Crippen LogP contribution in [0.3, 0.4) is 0 Å². The second kappa shape index (κ2) is 5.75. The first-order valence-electron chi connectivity index (χ1n) is 5.00. The second-order valence-electron chi connectivity index (χ2n) is 3.61. The van der Waals surface area contributed by atoms with Crippen LogP contribution in [0.25, 0.3) is 0 Å². The van der Waals surface area contributed by atoms with Gasteiger partial charge in [-0.1, -0.05) is 0 Å². The molecule has 0 atom stereocenters. The predicted molar refractivity (Wildman–Crippen MR) is 60.0 cm³/mol. The maximum absolute atomic E-state index is 10.8. The number of aromatic nitrogens is 2. The lowest BCUT2D eigenvalue weighted by Gasteiger charge is -2.04. The lowest BCUT2D eigenvalue weighted by atomic mass is 10.3. The van der Waals surface area contributed by atoms with Crippen molar-refractivity contribution in [3.05, 3.63) is 18.0 Å². The van der Waals surface area contributed by atoms with E-state index in [1.807, 2.05) is 16.9 Å². The molecule has 0 aliphatic carbocycles. The summed E-state index contributed by atoms with van der Waals surface area (Å²) in [6, 6.07) is 2.34. The Morgan fingerprint density at radius 2 is 2.40 bits per heavy atom. The third-order valence-electron chi connectivity index (χ3n) is 2.02. The van der Waals surface area contributed by atoms with Crippen LogP contribution in [-0.4, -0.2) is 28.1 Å². The zero-order valence-electron chi connectivity index (χ0n) is 9.03. The third kappa shape index (κ3) is 3.91. The molecular weight excluding hydrogens is 214 g/mol. The maximum atomic E-state index is 10.8. The Morgan fingerprint density at radius 1 is 1.67 bits per heavy atom. The fraction of sp³-hybridized carbons (Fsp3) is 0.600. The number of nitrogens with zero attached hydrogens (tertiary/aromatic N) is 2. The van der Waals surface area contributed by atoms with Crippen molar-refractivity contribution >= 4 is 17.5 Å². The minimum Gasteiger partial charge on any atom is -0.355 e. The van der Waals surface area contributed by atoms with Gasteiger partial charge in [0.05, 0.1) is 5.69 Å². The van der Waals surface area contributed by atoms with Crippen molar-refractivity contribution in [2.45, 2.75) is 26.3 Å². The summed E-state index contributed by atoms with van der Waals surface area (Å²) in [5, 5.41) is 7.06. The SMILES string of the molecule is CC(C)n1ccc(CCNC(=O)CCl)n1. The number of carbonyl (C=O) groups is 1. The van der Waals surface area contributed by atoms with Gasteiger partial charge in [-0.15, -0.1) is 11.6 Å². The van der Waals surface area contributed by atoms with Crippen LogP contribution in [0.5, 0.6) is 0 Å². The van der Waals surface area contributed by atoms with Crippen molar-refractivity contribution in [1.29, 1.82) is 0 Å². The largest absolute Gasteiger partial charge is 0.355 e. The highest BCUT2D eigenvalue weighted by atomic mass is 35.5. The Bertz CT molecular complexity index is 322. The molecular formula is C10H16ClN3O. The normalized spacial score (nSPS) is 10.7. The van der Waals surface area contributed by atoms with E-state index in [1.54, 1.807) is 0 Å². The molecule has 0 fully saturated rings. The molecule has 1 rings (SSSR count). The number of halogens is 1. The number of rotatable bonds is 5. The second-order valence-corrected chi connectivity index (χ2v) is 3.88. The van der Waals surface area contributed by atoms with Gasteiger partial charge in [0.1, 0.15) is 5.88 Å². The molecule has 0 saturated heterocycles. The fourth-order valence-corrected chi connectivity index (χ4v) is 1.27. The number of nitrogens with one attached hydrogen (secondary N) is 1. The Balaban J connectivity index is 2.34. The summed E-state index contributed by atoms with van der Waals surface area (Å²) in [4.78, 5) is 10.8. The summed E-state index contributed by atoms with van der Waals surface area (Å²) in [5.41, 5.74) is 0.985. The standard InChI is InChI=1S/C10H16ClN3O/c1-8(2)14-6-4-9(13-14)3-5-12-10(15)7-11/h4,6,8H,3,5,7H2,1-2H3,(H,12,15). The van der Waals surface area contributed by atoms with E-state index in [9.17, 15) is 4.79 Å². The number of amides is 1. The van der Waals surface area contributed by atoms with Crippen molar-refractivity contribution in [2.24, 2.45) is 0 Å². The molecule has 0 spiro atoms. The van der Waals surface area contributed by atoms with E-state index < -0.39 is 0 Å². The molecule has 1 aromatic heterocycles. The lowest BCUT2D eigenvalue weighted by molar-refractivity contribution is -0.118. The summed E-state index contributed by atoms with van der Waals surface area (Å²) in [6.45, 7) is 4.73. The van der Waals surface area contributed by atoms with E-state index >= 15 is 0 Å². The van der Waals surface area contributed by atoms with Crippen molar-refractivity contribution in [2.75, 3.05) is 12.4 Å². The molecule has 0 unspecified atom stereocenters. The van der Waals surface area contributed by atoms with Crippen molar-refractivity contribution < 1.29 is 4.79 Å². The van der Waals surface area contributed by atoms with Crippen molar-refractivity contribution in [3.8, 4) is 0 Å². The molecule has 1 N–H and O–H groups in total. The van der Waals surface area contributed by atoms with Gasteiger partial charge in [-0.05, 0) is 19.9 Å². The molecule has 0 radical (unpaired) electrons. The summed E-state index contributed by atoms with van der Waals surface area (Å²) in [5.74, 6) is -0.125. The molecule has 0 aromatic carbocycles. The zero-order valence-corrected chi connectivity index (χ0v) is 9.79. The summed E-state index contributed by atoms with van der Waals surface area (Å²) >= 11 is 5.35. The van der Waals surface area contributed by atoms with Crippen LogP contribution in [0.2, 0.25) is 0 Å². The number of hydrogen-bond acceptors (Lipinski definition) is 2. The number of hydrogen-bond donors (Lipinski definition) is 1. The van der Waals surface area contributed by atoms with Crippen molar-refractivity contribution in [3.63, 3.8) is 0 Å². The Hall–Kier alpha value is -1.03. The monoisotopic (exact) mass is 229 g/mol. The molecule has 1 amide bonds. The van der Waals surface area contributed by atoms with E-state index in [1.165, 1.54) is 0 Å². The van der Waals surface area contributed by atoms with Crippen LogP contribution in [-0.2, 0) is 11.2 Å². The minimum absolute atomic E-state index is 0.0143. The Morgan fingerprint density at radius 3 is 2.93 bits per heavy atom. The summed E-state index contributed by atoms with van der Waals surface area (Å²) in [6.07, 6.45) is 2.69. The van der Waals surface area contributed by atoms with Crippen LogP contribution < -0.4 is 5.32 Å². The highest BCUT2D eigenvalue weighted by Gasteiger charge is 2.02. The molecule has 4 nitrogen and oxygen atoms in total. The van der Waals surface area contributed by atoms with E-state index in [0.29, 0.717) is 12.6 Å². The molecule has 0 aliphatic rings. The van der Waals surface area contributed by atoms with Gasteiger partial charge in [0.15, 0.2) is 0 Å². The quantitative estimate of drug-likeness (QED) is 0.776. The Kier molecular flexibility index (Phi) is 4.62. The average molecular weight is 230 g/mol. The highest BCUT2D eigenvalue weighted by molar-refractivity contribution is 6.27. The Labute approximate surface area is 94.6 Å². The summed E-state index contributed by atoms with van der Waals surface area (Å²) in [7, 11) is 0. The molecule has 5 heteroatoms. The molecule has 0 aliphatic heterocycles. The smallest absolute Gasteiger partial charge is 0.234 e. The van der Waals surface area contributed by atoms with Gasteiger partial charge in [0.2, 0.25) is 5.91 Å². The topological polar surface area (TPSA) is 46.9 Å². The van der Waals surface area contributed by atoms with Gasteiger partial charge in [0, 0.05) is 25.2 Å². The zero-order chi connectivity index (χ0) is 11.3. The first-order chi connectivity index (χ1) is 7.13. The molecule has 0 saturated carbocycles. The molecule has 0 bridgehead atoms. The number of carbonyl (C=O) groups excluding carboxylic acids is 1. The lowest BCUT2D eigenvalue weighted by Crippen LogP contribution is -2.26. The van der Waals surface area contributed by atoms with Crippen LogP contribution >= 0.6 is 11.6 Å². The van der Waals surface area contributed by atoms with Gasteiger partial charge >= 0.3 is 0 Å². The molecule has 1 aromatic rings. The summed E-state index contributed by atoms with van der Waals surface area (Å²) < 4.78 is 1.90. The van der Waals surface area contributed by atoms with E-state index in [0.717, 1.165) is 12.1 Å². The number of alkyl halides is 1.